The van der Waals surface area contributed by atoms with Crippen LogP contribution in [0.15, 0.2) is 22.7 Å². The van der Waals surface area contributed by atoms with E-state index in [4.69, 9.17) is 9.84 Å². The maximum absolute atomic E-state index is 10.8. The predicted molar refractivity (Wildman–Crippen MR) is 74.8 cm³/mol. The molecule has 0 fully saturated rings. The lowest BCUT2D eigenvalue weighted by Gasteiger charge is -2.08. The largest absolute Gasteiger partial charge is 0.478 e. The first-order valence-corrected chi connectivity index (χ1v) is 6.89. The minimum Gasteiger partial charge on any atom is -0.478 e. The van der Waals surface area contributed by atoms with Crippen LogP contribution >= 0.6 is 15.9 Å². The smallest absolute Gasteiger partial charge is 0.335 e. The lowest BCUT2D eigenvalue weighted by atomic mass is 10.1. The Hall–Kier alpha value is -0.870. The van der Waals surface area contributed by atoms with Crippen LogP contribution in [0.3, 0.4) is 0 Å². The van der Waals surface area contributed by atoms with Gasteiger partial charge in [0.2, 0.25) is 0 Å². The summed E-state index contributed by atoms with van der Waals surface area (Å²) in [5, 5.41) is 8.85. The van der Waals surface area contributed by atoms with Gasteiger partial charge in [-0.15, -0.1) is 0 Å². The van der Waals surface area contributed by atoms with Crippen LogP contribution in [0.4, 0.5) is 0 Å². The molecule has 0 aromatic heterocycles. The maximum atomic E-state index is 10.8. The van der Waals surface area contributed by atoms with Gasteiger partial charge in [-0.25, -0.2) is 4.79 Å². The molecule has 100 valence electrons. The minimum atomic E-state index is -0.917. The standard InChI is InChI=1S/C14H19BrO3/c1-10(2)4-3-7-18-9-12-6-5-11(14(16)17)8-13(12)15/h5-6,8,10H,3-4,7,9H2,1-2H3,(H,16,17). The molecule has 0 aliphatic heterocycles. The van der Waals surface area contributed by atoms with Crippen LogP contribution in [0, 0.1) is 5.92 Å². The SMILES string of the molecule is CC(C)CCCOCc1ccc(C(=O)O)cc1Br. The quantitative estimate of drug-likeness (QED) is 0.771. The van der Waals surface area contributed by atoms with Crippen molar-refractivity contribution in [2.24, 2.45) is 5.92 Å². The molecule has 18 heavy (non-hydrogen) atoms. The number of aromatic carboxylic acids is 1. The summed E-state index contributed by atoms with van der Waals surface area (Å²) in [6, 6.07) is 4.99. The number of carboxylic acids is 1. The van der Waals surface area contributed by atoms with Gasteiger partial charge in [0, 0.05) is 11.1 Å². The van der Waals surface area contributed by atoms with Crippen LogP contribution in [-0.4, -0.2) is 17.7 Å². The third kappa shape index (κ3) is 5.19. The molecular weight excluding hydrogens is 296 g/mol. The second kappa shape index (κ2) is 7.54. The molecule has 0 spiro atoms. The average molecular weight is 315 g/mol. The highest BCUT2D eigenvalue weighted by molar-refractivity contribution is 9.10. The van der Waals surface area contributed by atoms with Gasteiger partial charge in [0.1, 0.15) is 0 Å². The van der Waals surface area contributed by atoms with Gasteiger partial charge in [-0.05, 0) is 36.5 Å². The number of benzene rings is 1. The normalized spacial score (nSPS) is 10.9. The van der Waals surface area contributed by atoms with Gasteiger partial charge in [-0.1, -0.05) is 35.8 Å². The summed E-state index contributed by atoms with van der Waals surface area (Å²) in [5.41, 5.74) is 1.26. The summed E-state index contributed by atoms with van der Waals surface area (Å²) >= 11 is 3.36. The van der Waals surface area contributed by atoms with Gasteiger partial charge in [0.25, 0.3) is 0 Å². The summed E-state index contributed by atoms with van der Waals surface area (Å²) in [5.74, 6) is -0.213. The first-order valence-electron chi connectivity index (χ1n) is 6.10. The molecule has 3 nitrogen and oxygen atoms in total. The van der Waals surface area contributed by atoms with Crippen molar-refractivity contribution >= 4 is 21.9 Å². The highest BCUT2D eigenvalue weighted by Gasteiger charge is 2.06. The zero-order valence-corrected chi connectivity index (χ0v) is 12.4. The summed E-state index contributed by atoms with van der Waals surface area (Å²) in [6.07, 6.45) is 2.22. The summed E-state index contributed by atoms with van der Waals surface area (Å²) in [7, 11) is 0. The van der Waals surface area contributed by atoms with Crippen molar-refractivity contribution in [3.05, 3.63) is 33.8 Å². The van der Waals surface area contributed by atoms with Crippen molar-refractivity contribution in [3.8, 4) is 0 Å². The average Bonchev–Trinajstić information content (AvgIpc) is 2.29. The number of halogens is 1. The topological polar surface area (TPSA) is 46.5 Å². The first-order chi connectivity index (χ1) is 8.50. The molecule has 0 saturated carbocycles. The molecule has 4 heteroatoms. The van der Waals surface area contributed by atoms with Crippen LogP contribution in [-0.2, 0) is 11.3 Å². The van der Waals surface area contributed by atoms with E-state index in [2.05, 4.69) is 29.8 Å². The van der Waals surface area contributed by atoms with Crippen LogP contribution in [0.1, 0.15) is 42.6 Å². The fourth-order valence-electron chi connectivity index (χ4n) is 1.57. The van der Waals surface area contributed by atoms with E-state index in [-0.39, 0.29) is 5.56 Å². The van der Waals surface area contributed by atoms with Crippen LogP contribution < -0.4 is 0 Å². The van der Waals surface area contributed by atoms with Crippen LogP contribution in [0.5, 0.6) is 0 Å². The van der Waals surface area contributed by atoms with E-state index in [1.54, 1.807) is 18.2 Å². The third-order valence-electron chi connectivity index (χ3n) is 2.63. The number of carbonyl (C=O) groups is 1. The van der Waals surface area contributed by atoms with E-state index < -0.39 is 5.97 Å². The summed E-state index contributed by atoms with van der Waals surface area (Å²) < 4.78 is 6.36. The number of hydrogen-bond donors (Lipinski definition) is 1. The van der Waals surface area contributed by atoms with E-state index in [1.807, 2.05) is 0 Å². The van der Waals surface area contributed by atoms with E-state index >= 15 is 0 Å². The molecule has 0 heterocycles. The van der Waals surface area contributed by atoms with Crippen molar-refractivity contribution in [2.45, 2.75) is 33.3 Å². The third-order valence-corrected chi connectivity index (χ3v) is 3.37. The fourth-order valence-corrected chi connectivity index (χ4v) is 2.07. The Kier molecular flexibility index (Phi) is 6.36. The number of carboxylic acid groups (broad SMARTS) is 1. The molecule has 1 N–H and O–H groups in total. The molecule has 0 amide bonds. The molecule has 0 atom stereocenters. The summed E-state index contributed by atoms with van der Waals surface area (Å²) in [4.78, 5) is 10.8. The Balaban J connectivity index is 2.41. The molecule has 0 aliphatic rings. The molecule has 0 radical (unpaired) electrons. The highest BCUT2D eigenvalue weighted by Crippen LogP contribution is 2.19. The minimum absolute atomic E-state index is 0.283. The zero-order chi connectivity index (χ0) is 13.5. The Morgan fingerprint density at radius 1 is 1.44 bits per heavy atom. The van der Waals surface area contributed by atoms with Crippen LogP contribution in [0.25, 0.3) is 0 Å². The Bertz CT molecular complexity index is 402. The van der Waals surface area contributed by atoms with E-state index in [0.29, 0.717) is 12.5 Å². The summed E-state index contributed by atoms with van der Waals surface area (Å²) in [6.45, 7) is 5.65. The van der Waals surface area contributed by atoms with Gasteiger partial charge >= 0.3 is 5.97 Å². The number of rotatable bonds is 7. The van der Waals surface area contributed by atoms with Gasteiger partial charge in [-0.2, -0.15) is 0 Å². The van der Waals surface area contributed by atoms with Crippen molar-refractivity contribution in [2.75, 3.05) is 6.61 Å². The number of ether oxygens (including phenoxy) is 1. The van der Waals surface area contributed by atoms with Crippen molar-refractivity contribution < 1.29 is 14.6 Å². The van der Waals surface area contributed by atoms with Crippen molar-refractivity contribution in [1.29, 1.82) is 0 Å². The second-order valence-electron chi connectivity index (χ2n) is 4.70. The van der Waals surface area contributed by atoms with Crippen molar-refractivity contribution in [3.63, 3.8) is 0 Å². The molecule has 0 bridgehead atoms. The van der Waals surface area contributed by atoms with E-state index in [1.165, 1.54) is 6.42 Å². The van der Waals surface area contributed by atoms with Gasteiger partial charge in [-0.3, -0.25) is 0 Å². The van der Waals surface area contributed by atoms with E-state index in [9.17, 15) is 4.79 Å². The Labute approximate surface area is 116 Å². The molecule has 1 aromatic rings. The highest BCUT2D eigenvalue weighted by atomic mass is 79.9. The van der Waals surface area contributed by atoms with Gasteiger partial charge in [0.15, 0.2) is 0 Å². The molecule has 1 aromatic carbocycles. The molecule has 0 aliphatic carbocycles. The predicted octanol–water partition coefficient (Wildman–Crippen LogP) is 4.10. The maximum Gasteiger partial charge on any atom is 0.335 e. The zero-order valence-electron chi connectivity index (χ0n) is 10.8. The lowest BCUT2D eigenvalue weighted by molar-refractivity contribution is 0.0696. The fraction of sp³-hybridized carbons (Fsp3) is 0.500. The monoisotopic (exact) mass is 314 g/mol. The first kappa shape index (κ1) is 15.2. The number of hydrogen-bond acceptors (Lipinski definition) is 2. The lowest BCUT2D eigenvalue weighted by Crippen LogP contribution is -2.00. The van der Waals surface area contributed by atoms with Crippen molar-refractivity contribution in [1.82, 2.24) is 0 Å². The second-order valence-corrected chi connectivity index (χ2v) is 5.55. The van der Waals surface area contributed by atoms with Gasteiger partial charge < -0.3 is 9.84 Å². The Morgan fingerprint density at radius 2 is 2.17 bits per heavy atom. The van der Waals surface area contributed by atoms with E-state index in [0.717, 1.165) is 23.1 Å². The molecule has 0 unspecified atom stereocenters. The van der Waals surface area contributed by atoms with Gasteiger partial charge in [0.05, 0.1) is 12.2 Å². The Morgan fingerprint density at radius 3 is 2.72 bits per heavy atom. The molecular formula is C14H19BrO3. The molecule has 0 saturated heterocycles. The van der Waals surface area contributed by atoms with Crippen LogP contribution in [0.2, 0.25) is 0 Å². The molecule has 1 rings (SSSR count).